The third kappa shape index (κ3) is 8.42. The van der Waals surface area contributed by atoms with E-state index in [9.17, 15) is 10.2 Å². The fourth-order valence-corrected chi connectivity index (χ4v) is 7.13. The number of piperazine rings is 2. The van der Waals surface area contributed by atoms with Gasteiger partial charge in [0, 0.05) is 109 Å². The van der Waals surface area contributed by atoms with Crippen molar-refractivity contribution in [1.29, 1.82) is 0 Å². The molecule has 0 unspecified atom stereocenters. The summed E-state index contributed by atoms with van der Waals surface area (Å²) in [6.45, 7) is 9.62. The molecule has 42 heavy (non-hydrogen) atoms. The van der Waals surface area contributed by atoms with Gasteiger partial charge in [0.25, 0.3) is 0 Å². The quantitative estimate of drug-likeness (QED) is 0.379. The van der Waals surface area contributed by atoms with Gasteiger partial charge in [-0.05, 0) is 51.2 Å². The Morgan fingerprint density at radius 3 is 1.43 bits per heavy atom. The summed E-state index contributed by atoms with van der Waals surface area (Å²) < 4.78 is 1.89. The predicted molar refractivity (Wildman–Crippen MR) is 178 cm³/mol. The number of aliphatic imine (C=N–C) groups is 2. The van der Waals surface area contributed by atoms with Crippen LogP contribution in [0.15, 0.2) is 43.2 Å². The molecule has 10 heteroatoms. The summed E-state index contributed by atoms with van der Waals surface area (Å²) in [5, 5.41) is 22.3. The van der Waals surface area contributed by atoms with Crippen molar-refractivity contribution in [1.82, 2.24) is 19.6 Å². The maximum atomic E-state index is 11.1. The van der Waals surface area contributed by atoms with E-state index in [1.807, 2.05) is 36.7 Å². The van der Waals surface area contributed by atoms with E-state index >= 15 is 0 Å². The maximum Gasteiger partial charge on any atom is 0.128 e. The van der Waals surface area contributed by atoms with Crippen LogP contribution in [0.2, 0.25) is 0 Å². The lowest BCUT2D eigenvalue weighted by Crippen LogP contribution is -2.43. The first-order valence-electron chi connectivity index (χ1n) is 15.2. The van der Waals surface area contributed by atoms with Crippen molar-refractivity contribution < 1.29 is 10.2 Å². The molecule has 2 aliphatic heterocycles. The summed E-state index contributed by atoms with van der Waals surface area (Å²) >= 11 is 7.29. The van der Waals surface area contributed by atoms with Crippen LogP contribution in [-0.2, 0) is 13.1 Å². The van der Waals surface area contributed by atoms with Crippen LogP contribution in [0, 0.1) is 0 Å². The van der Waals surface area contributed by atoms with Crippen molar-refractivity contribution in [3.8, 4) is 11.5 Å². The number of phenols is 2. The third-order valence-corrected chi connectivity index (χ3v) is 9.77. The number of rotatable bonds is 8. The zero-order valence-corrected chi connectivity index (χ0v) is 28.0. The number of aromatic hydroxyl groups is 2. The summed E-state index contributed by atoms with van der Waals surface area (Å²) in [4.78, 5) is 19.4. The van der Waals surface area contributed by atoms with Gasteiger partial charge in [0.2, 0.25) is 0 Å². The van der Waals surface area contributed by atoms with Crippen molar-refractivity contribution in [2.24, 2.45) is 9.98 Å². The Balaban J connectivity index is 1.28. The minimum absolute atomic E-state index is 0.0357. The molecular formula is C32H44Br2N6O2. The van der Waals surface area contributed by atoms with Gasteiger partial charge in [-0.1, -0.05) is 44.7 Å². The minimum Gasteiger partial charge on any atom is -0.507 e. The van der Waals surface area contributed by atoms with Gasteiger partial charge in [-0.25, -0.2) is 0 Å². The van der Waals surface area contributed by atoms with E-state index in [1.165, 1.54) is 0 Å². The average molecular weight is 705 g/mol. The molecule has 2 aromatic carbocycles. The Kier molecular flexibility index (Phi) is 11.1. The molecule has 0 bridgehead atoms. The standard InChI is InChI=1S/C32H44Br2N6O2/c1-37-7-11-39(12-8-37)21-25-17-27(33)15-23(31(25)41)19-35-29-5-3-4-6-30(29)36-20-24-16-28(34)18-26(32(24)42)22-40-13-9-38(2)10-14-40/h15-20,29-30,41-42H,3-14,21-22H2,1-2H3/t29-,30-/m1/s1. The number of benzene rings is 2. The van der Waals surface area contributed by atoms with Crippen molar-refractivity contribution >= 4 is 44.3 Å². The highest BCUT2D eigenvalue weighted by Gasteiger charge is 2.24. The van der Waals surface area contributed by atoms with Crippen LogP contribution in [0.4, 0.5) is 0 Å². The van der Waals surface area contributed by atoms with Gasteiger partial charge in [0.15, 0.2) is 0 Å². The zero-order chi connectivity index (χ0) is 29.6. The van der Waals surface area contributed by atoms with Gasteiger partial charge in [0.1, 0.15) is 11.5 Å². The molecule has 3 aliphatic rings. The number of hydrogen-bond donors (Lipinski definition) is 2. The van der Waals surface area contributed by atoms with E-state index in [4.69, 9.17) is 9.98 Å². The Morgan fingerprint density at radius 1 is 0.667 bits per heavy atom. The first-order chi connectivity index (χ1) is 20.2. The normalized spacial score (nSPS) is 23.8. The van der Waals surface area contributed by atoms with E-state index < -0.39 is 0 Å². The lowest BCUT2D eigenvalue weighted by molar-refractivity contribution is 0.147. The fraction of sp³-hybridized carbons (Fsp3) is 0.562. The van der Waals surface area contributed by atoms with E-state index in [0.717, 1.165) is 122 Å². The van der Waals surface area contributed by atoms with Crippen LogP contribution in [0.1, 0.15) is 47.9 Å². The highest BCUT2D eigenvalue weighted by molar-refractivity contribution is 9.10. The van der Waals surface area contributed by atoms with Crippen molar-refractivity contribution in [2.45, 2.75) is 50.9 Å². The van der Waals surface area contributed by atoms with E-state index in [1.54, 1.807) is 0 Å². The number of hydrogen-bond acceptors (Lipinski definition) is 8. The molecule has 2 heterocycles. The molecule has 1 aliphatic carbocycles. The Morgan fingerprint density at radius 2 is 1.05 bits per heavy atom. The molecule has 8 nitrogen and oxygen atoms in total. The topological polar surface area (TPSA) is 78.1 Å². The lowest BCUT2D eigenvalue weighted by Gasteiger charge is -2.32. The van der Waals surface area contributed by atoms with Crippen molar-refractivity contribution in [3.63, 3.8) is 0 Å². The SMILES string of the molecule is CN1CCN(Cc2cc(Br)cc(C=N[C@@H]3CCCC[C@H]3N=Cc3cc(Br)cc(CN4CCN(C)CC4)c3O)c2O)CC1. The van der Waals surface area contributed by atoms with Gasteiger partial charge < -0.3 is 20.0 Å². The molecule has 1 saturated carbocycles. The molecule has 0 aromatic heterocycles. The minimum atomic E-state index is 0.0357. The van der Waals surface area contributed by atoms with E-state index in [-0.39, 0.29) is 12.1 Å². The molecule has 5 rings (SSSR count). The van der Waals surface area contributed by atoms with Gasteiger partial charge in [-0.3, -0.25) is 19.8 Å². The van der Waals surface area contributed by atoms with Gasteiger partial charge in [0.05, 0.1) is 12.1 Å². The highest BCUT2D eigenvalue weighted by atomic mass is 79.9. The highest BCUT2D eigenvalue weighted by Crippen LogP contribution is 2.31. The molecule has 3 fully saturated rings. The van der Waals surface area contributed by atoms with E-state index in [2.05, 4.69) is 65.6 Å². The van der Waals surface area contributed by atoms with Crippen molar-refractivity contribution in [3.05, 3.63) is 55.5 Å². The largest absolute Gasteiger partial charge is 0.507 e. The van der Waals surface area contributed by atoms with Gasteiger partial charge in [-0.2, -0.15) is 0 Å². The summed E-state index contributed by atoms with van der Waals surface area (Å²) in [5.41, 5.74) is 3.32. The lowest BCUT2D eigenvalue weighted by atomic mass is 9.91. The fourth-order valence-electron chi connectivity index (χ4n) is 6.08. The third-order valence-electron chi connectivity index (χ3n) is 8.85. The molecule has 228 valence electrons. The van der Waals surface area contributed by atoms with Crippen LogP contribution in [0.5, 0.6) is 11.5 Å². The van der Waals surface area contributed by atoms with Crippen LogP contribution in [0.3, 0.4) is 0 Å². The summed E-state index contributed by atoms with van der Waals surface area (Å²) in [5.74, 6) is 0.618. The van der Waals surface area contributed by atoms with Crippen molar-refractivity contribution in [2.75, 3.05) is 66.5 Å². The number of nitrogens with zero attached hydrogens (tertiary/aromatic N) is 6. The summed E-state index contributed by atoms with van der Waals surface area (Å²) in [6.07, 6.45) is 7.81. The Hall–Kier alpha value is -1.82. The number of phenolic OH excluding ortho intramolecular Hbond substituents is 2. The predicted octanol–water partition coefficient (Wildman–Crippen LogP) is 4.97. The smallest absolute Gasteiger partial charge is 0.128 e. The summed E-state index contributed by atoms with van der Waals surface area (Å²) in [6, 6.07) is 7.98. The van der Waals surface area contributed by atoms with Crippen LogP contribution < -0.4 is 0 Å². The molecule has 0 amide bonds. The van der Waals surface area contributed by atoms with Crippen LogP contribution in [-0.4, -0.2) is 121 Å². The number of likely N-dealkylation sites (N-methyl/N-ethyl adjacent to an activating group) is 2. The number of halogens is 2. The molecule has 2 aromatic rings. The molecule has 0 radical (unpaired) electrons. The first kappa shape index (κ1) is 31.6. The maximum absolute atomic E-state index is 11.1. The summed E-state index contributed by atoms with van der Waals surface area (Å²) in [7, 11) is 4.30. The average Bonchev–Trinajstić information content (AvgIpc) is 2.97. The molecular weight excluding hydrogens is 660 g/mol. The van der Waals surface area contributed by atoms with E-state index in [0.29, 0.717) is 11.5 Å². The molecule has 2 saturated heterocycles. The monoisotopic (exact) mass is 702 g/mol. The zero-order valence-electron chi connectivity index (χ0n) is 24.9. The molecule has 2 atom stereocenters. The second kappa shape index (κ2) is 14.8. The Labute approximate surface area is 267 Å². The van der Waals surface area contributed by atoms with Gasteiger partial charge >= 0.3 is 0 Å². The van der Waals surface area contributed by atoms with Crippen LogP contribution >= 0.6 is 31.9 Å². The first-order valence-corrected chi connectivity index (χ1v) is 16.7. The van der Waals surface area contributed by atoms with Gasteiger partial charge in [-0.15, -0.1) is 0 Å². The van der Waals surface area contributed by atoms with Crippen LogP contribution in [0.25, 0.3) is 0 Å². The molecule has 2 N–H and O–H groups in total. The second-order valence-electron chi connectivity index (χ2n) is 12.1. The molecule has 0 spiro atoms. The Bertz CT molecular complexity index is 1170. The second-order valence-corrected chi connectivity index (χ2v) is 14.0.